The van der Waals surface area contributed by atoms with E-state index in [1.807, 2.05) is 18.2 Å². The van der Waals surface area contributed by atoms with Crippen molar-refractivity contribution in [3.8, 4) is 0 Å². The fraction of sp³-hybridized carbons (Fsp3) is 0.250. The summed E-state index contributed by atoms with van der Waals surface area (Å²) in [6, 6.07) is 7.93. The van der Waals surface area contributed by atoms with Crippen LogP contribution >= 0.6 is 0 Å². The molecule has 5 amide bonds. The number of imide groups is 2. The van der Waals surface area contributed by atoms with E-state index in [-0.39, 0.29) is 13.0 Å². The first-order chi connectivity index (χ1) is 8.66. The summed E-state index contributed by atoms with van der Waals surface area (Å²) in [5.41, 5.74) is 0.814. The Balaban J connectivity index is 1.88. The summed E-state index contributed by atoms with van der Waals surface area (Å²) in [5, 5.41) is 4.68. The number of benzene rings is 1. The molecule has 18 heavy (non-hydrogen) atoms. The molecule has 0 atom stereocenters. The van der Waals surface area contributed by atoms with Crippen molar-refractivity contribution in [2.75, 3.05) is 13.1 Å². The Bertz CT molecular complexity index is 473. The molecule has 0 radical (unpaired) electrons. The second-order valence-electron chi connectivity index (χ2n) is 3.90. The van der Waals surface area contributed by atoms with Crippen molar-refractivity contribution in [1.29, 1.82) is 0 Å². The van der Waals surface area contributed by atoms with E-state index in [9.17, 15) is 14.4 Å². The van der Waals surface area contributed by atoms with Gasteiger partial charge in [0.05, 0.1) is 6.42 Å². The molecule has 1 saturated heterocycles. The lowest BCUT2D eigenvalue weighted by Gasteiger charge is -2.12. The second kappa shape index (κ2) is 5.31. The summed E-state index contributed by atoms with van der Waals surface area (Å²) >= 11 is 0. The number of hydrogen-bond acceptors (Lipinski definition) is 3. The Hall–Kier alpha value is -2.37. The highest BCUT2D eigenvalue weighted by Crippen LogP contribution is 2.01. The number of nitrogens with one attached hydrogen (secondary N) is 2. The Morgan fingerprint density at radius 2 is 2.00 bits per heavy atom. The van der Waals surface area contributed by atoms with E-state index in [0.29, 0.717) is 6.54 Å². The lowest BCUT2D eigenvalue weighted by Crippen LogP contribution is -2.44. The van der Waals surface area contributed by atoms with Gasteiger partial charge in [-0.3, -0.25) is 10.1 Å². The minimum absolute atomic E-state index is 0.113. The number of rotatable bonds is 2. The van der Waals surface area contributed by atoms with Crippen LogP contribution in [0.4, 0.5) is 9.59 Å². The molecule has 2 rings (SSSR count). The lowest BCUT2D eigenvalue weighted by atomic mass is 10.1. The van der Waals surface area contributed by atoms with Crippen LogP contribution in [0.3, 0.4) is 0 Å². The van der Waals surface area contributed by atoms with Crippen molar-refractivity contribution in [3.63, 3.8) is 0 Å². The van der Waals surface area contributed by atoms with Gasteiger partial charge in [-0.05, 0) is 5.56 Å². The number of hydrogen-bond donors (Lipinski definition) is 2. The van der Waals surface area contributed by atoms with Crippen LogP contribution in [-0.4, -0.2) is 36.0 Å². The molecule has 0 unspecified atom stereocenters. The molecule has 6 nitrogen and oxygen atoms in total. The van der Waals surface area contributed by atoms with Crippen molar-refractivity contribution in [2.45, 2.75) is 6.42 Å². The highest BCUT2D eigenvalue weighted by molar-refractivity contribution is 6.02. The summed E-state index contributed by atoms with van der Waals surface area (Å²) in [6.45, 7) is 0.697. The first-order valence-corrected chi connectivity index (χ1v) is 5.60. The molecule has 0 bridgehead atoms. The maximum absolute atomic E-state index is 11.6. The summed E-state index contributed by atoms with van der Waals surface area (Å²) in [4.78, 5) is 35.4. The monoisotopic (exact) mass is 247 g/mol. The molecule has 0 spiro atoms. The van der Waals surface area contributed by atoms with Gasteiger partial charge in [-0.1, -0.05) is 30.3 Å². The summed E-state index contributed by atoms with van der Waals surface area (Å²) in [5.74, 6) is -0.425. The van der Waals surface area contributed by atoms with E-state index in [2.05, 4.69) is 10.6 Å². The van der Waals surface area contributed by atoms with E-state index in [1.54, 1.807) is 12.1 Å². The first-order valence-electron chi connectivity index (χ1n) is 5.60. The molecular formula is C12H13N3O3. The van der Waals surface area contributed by atoms with Crippen LogP contribution in [0.1, 0.15) is 5.56 Å². The van der Waals surface area contributed by atoms with E-state index in [1.165, 1.54) is 0 Å². The molecule has 0 saturated carbocycles. The minimum atomic E-state index is -0.675. The van der Waals surface area contributed by atoms with Crippen molar-refractivity contribution in [3.05, 3.63) is 35.9 Å². The van der Waals surface area contributed by atoms with Gasteiger partial charge in [-0.25, -0.2) is 14.5 Å². The summed E-state index contributed by atoms with van der Waals surface area (Å²) in [6.07, 6.45) is 0.113. The summed E-state index contributed by atoms with van der Waals surface area (Å²) < 4.78 is 0. The van der Waals surface area contributed by atoms with Gasteiger partial charge in [0.1, 0.15) is 0 Å². The van der Waals surface area contributed by atoms with Gasteiger partial charge in [0.2, 0.25) is 5.91 Å². The predicted molar refractivity (Wildman–Crippen MR) is 63.8 cm³/mol. The zero-order valence-electron chi connectivity index (χ0n) is 9.68. The molecular weight excluding hydrogens is 234 g/mol. The van der Waals surface area contributed by atoms with Crippen LogP contribution in [0.15, 0.2) is 30.3 Å². The standard InChI is InChI=1S/C12H13N3O3/c16-10(8-9-4-2-1-3-5-9)14-12(18)15-7-6-13-11(15)17/h1-5H,6-8H2,(H,13,17)(H,14,16,18). The molecule has 6 heteroatoms. The lowest BCUT2D eigenvalue weighted by molar-refractivity contribution is -0.119. The topological polar surface area (TPSA) is 78.5 Å². The molecule has 1 aromatic carbocycles. The van der Waals surface area contributed by atoms with Crippen LogP contribution in [0, 0.1) is 0 Å². The molecule has 1 heterocycles. The van der Waals surface area contributed by atoms with Crippen LogP contribution in [0.25, 0.3) is 0 Å². The van der Waals surface area contributed by atoms with Crippen molar-refractivity contribution < 1.29 is 14.4 Å². The average Bonchev–Trinajstić information content (AvgIpc) is 2.76. The van der Waals surface area contributed by atoms with E-state index < -0.39 is 18.0 Å². The van der Waals surface area contributed by atoms with Gasteiger partial charge in [-0.15, -0.1) is 0 Å². The third-order valence-electron chi connectivity index (χ3n) is 2.56. The smallest absolute Gasteiger partial charge is 0.332 e. The molecule has 1 aliphatic rings. The maximum atomic E-state index is 11.6. The minimum Gasteiger partial charge on any atom is -0.336 e. The first kappa shape index (κ1) is 12.1. The molecule has 1 aromatic rings. The van der Waals surface area contributed by atoms with E-state index >= 15 is 0 Å². The highest BCUT2D eigenvalue weighted by atomic mass is 16.2. The molecule has 1 aliphatic heterocycles. The summed E-state index contributed by atoms with van der Waals surface area (Å²) in [7, 11) is 0. The molecule has 1 fully saturated rings. The Morgan fingerprint density at radius 3 is 2.61 bits per heavy atom. The number of amides is 5. The fourth-order valence-corrected chi connectivity index (χ4v) is 1.68. The fourth-order valence-electron chi connectivity index (χ4n) is 1.68. The van der Waals surface area contributed by atoms with Crippen molar-refractivity contribution in [1.82, 2.24) is 15.5 Å². The number of carbonyl (C=O) groups is 3. The van der Waals surface area contributed by atoms with Crippen LogP contribution in [0.2, 0.25) is 0 Å². The predicted octanol–water partition coefficient (Wildman–Crippen LogP) is 0.491. The van der Waals surface area contributed by atoms with Crippen molar-refractivity contribution in [2.24, 2.45) is 0 Å². The van der Waals surface area contributed by atoms with Gasteiger partial charge in [0.15, 0.2) is 0 Å². The zero-order valence-corrected chi connectivity index (χ0v) is 9.68. The largest absolute Gasteiger partial charge is 0.336 e. The molecule has 94 valence electrons. The number of urea groups is 2. The van der Waals surface area contributed by atoms with E-state index in [4.69, 9.17) is 0 Å². The molecule has 0 aliphatic carbocycles. The number of carbonyl (C=O) groups excluding carboxylic acids is 3. The normalized spacial score (nSPS) is 14.2. The Kier molecular flexibility index (Phi) is 3.57. The van der Waals surface area contributed by atoms with Gasteiger partial charge in [0, 0.05) is 13.1 Å². The van der Waals surface area contributed by atoms with Crippen LogP contribution < -0.4 is 10.6 Å². The SMILES string of the molecule is O=C(Cc1ccccc1)NC(=O)N1CCNC1=O. The van der Waals surface area contributed by atoms with Crippen molar-refractivity contribution >= 4 is 18.0 Å². The Labute approximate surface area is 104 Å². The van der Waals surface area contributed by atoms with Gasteiger partial charge < -0.3 is 5.32 Å². The quantitative estimate of drug-likeness (QED) is 0.798. The third kappa shape index (κ3) is 2.85. The highest BCUT2D eigenvalue weighted by Gasteiger charge is 2.27. The molecule has 2 N–H and O–H groups in total. The number of nitrogens with zero attached hydrogens (tertiary/aromatic N) is 1. The Morgan fingerprint density at radius 1 is 1.28 bits per heavy atom. The van der Waals surface area contributed by atoms with Crippen LogP contribution in [0.5, 0.6) is 0 Å². The second-order valence-corrected chi connectivity index (χ2v) is 3.90. The van der Waals surface area contributed by atoms with Gasteiger partial charge in [-0.2, -0.15) is 0 Å². The van der Waals surface area contributed by atoms with Gasteiger partial charge >= 0.3 is 12.1 Å². The average molecular weight is 247 g/mol. The zero-order chi connectivity index (χ0) is 13.0. The maximum Gasteiger partial charge on any atom is 0.332 e. The van der Waals surface area contributed by atoms with Crippen LogP contribution in [-0.2, 0) is 11.2 Å². The van der Waals surface area contributed by atoms with E-state index in [0.717, 1.165) is 10.5 Å². The third-order valence-corrected chi connectivity index (χ3v) is 2.56. The molecule has 0 aromatic heterocycles. The van der Waals surface area contributed by atoms with Gasteiger partial charge in [0.25, 0.3) is 0 Å².